The van der Waals surface area contributed by atoms with Crippen molar-refractivity contribution >= 4 is 0 Å². The van der Waals surface area contributed by atoms with Crippen LogP contribution >= 0.6 is 0 Å². The van der Waals surface area contributed by atoms with Crippen molar-refractivity contribution in [2.24, 2.45) is 0 Å². The highest BCUT2D eigenvalue weighted by molar-refractivity contribution is 5.15. The van der Waals surface area contributed by atoms with Crippen LogP contribution in [0, 0.1) is 0 Å². The summed E-state index contributed by atoms with van der Waals surface area (Å²) in [5, 5.41) is 3.10. The maximum atomic E-state index is 12.2. The van der Waals surface area contributed by atoms with Gasteiger partial charge in [0.2, 0.25) is 0 Å². The minimum Gasteiger partial charge on any atom is -0.310 e. The molecule has 1 aromatic rings. The summed E-state index contributed by atoms with van der Waals surface area (Å²) >= 11 is 0. The minimum absolute atomic E-state index is 0.298. The normalized spacial score (nSPS) is 12.1. The molecule has 0 radical (unpaired) electrons. The summed E-state index contributed by atoms with van der Waals surface area (Å²) < 4.78 is 36.5. The second-order valence-corrected chi connectivity index (χ2v) is 3.59. The number of aromatic nitrogens is 1. The lowest BCUT2D eigenvalue weighted by Crippen LogP contribution is -2.22. The Bertz CT molecular complexity index is 303. The van der Waals surface area contributed by atoms with Crippen molar-refractivity contribution in [2.75, 3.05) is 0 Å². The van der Waals surface area contributed by atoms with Crippen molar-refractivity contribution in [3.63, 3.8) is 0 Å². The first-order valence-corrected chi connectivity index (χ1v) is 4.65. The standard InChI is InChI=1S/C10H13F3N2/c1-7(2)14-5-8-3-4-9(15-6-8)10(11,12)13/h3-4,6-7,14H,5H2,1-2H3. The molecule has 1 rings (SSSR count). The van der Waals surface area contributed by atoms with Crippen LogP contribution in [0.4, 0.5) is 13.2 Å². The van der Waals surface area contributed by atoms with E-state index in [9.17, 15) is 13.2 Å². The monoisotopic (exact) mass is 218 g/mol. The fourth-order valence-corrected chi connectivity index (χ4v) is 1.02. The highest BCUT2D eigenvalue weighted by Gasteiger charge is 2.31. The third-order valence-electron chi connectivity index (χ3n) is 1.83. The van der Waals surface area contributed by atoms with Gasteiger partial charge in [-0.25, -0.2) is 0 Å². The van der Waals surface area contributed by atoms with Crippen LogP contribution in [0.3, 0.4) is 0 Å². The predicted octanol–water partition coefficient (Wildman–Crippen LogP) is 2.60. The Morgan fingerprint density at radius 3 is 2.40 bits per heavy atom. The Kier molecular flexibility index (Phi) is 3.68. The van der Waals surface area contributed by atoms with Gasteiger partial charge >= 0.3 is 6.18 Å². The molecule has 2 nitrogen and oxygen atoms in total. The van der Waals surface area contributed by atoms with E-state index in [0.717, 1.165) is 11.6 Å². The van der Waals surface area contributed by atoms with Crippen LogP contribution in [0.2, 0.25) is 0 Å². The fourth-order valence-electron chi connectivity index (χ4n) is 1.02. The van der Waals surface area contributed by atoms with E-state index in [2.05, 4.69) is 10.3 Å². The molecule has 0 aliphatic carbocycles. The summed E-state index contributed by atoms with van der Waals surface area (Å²) in [6, 6.07) is 2.73. The first-order chi connectivity index (χ1) is 6.89. The van der Waals surface area contributed by atoms with Crippen LogP contribution in [-0.4, -0.2) is 11.0 Å². The van der Waals surface area contributed by atoms with Crippen molar-refractivity contribution in [1.82, 2.24) is 10.3 Å². The van der Waals surface area contributed by atoms with Crippen molar-refractivity contribution in [3.8, 4) is 0 Å². The third-order valence-corrected chi connectivity index (χ3v) is 1.83. The molecule has 1 aromatic heterocycles. The van der Waals surface area contributed by atoms with Gasteiger partial charge in [-0.2, -0.15) is 13.2 Å². The topological polar surface area (TPSA) is 24.9 Å². The van der Waals surface area contributed by atoms with Crippen molar-refractivity contribution in [1.29, 1.82) is 0 Å². The smallest absolute Gasteiger partial charge is 0.310 e. The number of rotatable bonds is 3. The highest BCUT2D eigenvalue weighted by atomic mass is 19.4. The molecule has 0 atom stereocenters. The SMILES string of the molecule is CC(C)NCc1ccc(C(F)(F)F)nc1. The van der Waals surface area contributed by atoms with E-state index in [1.54, 1.807) is 0 Å². The maximum absolute atomic E-state index is 12.2. The van der Waals surface area contributed by atoms with Gasteiger partial charge in [-0.1, -0.05) is 19.9 Å². The van der Waals surface area contributed by atoms with Crippen LogP contribution < -0.4 is 5.32 Å². The Balaban J connectivity index is 2.65. The summed E-state index contributed by atoms with van der Waals surface area (Å²) in [5.74, 6) is 0. The molecule has 0 bridgehead atoms. The molecule has 0 amide bonds. The highest BCUT2D eigenvalue weighted by Crippen LogP contribution is 2.27. The molecular formula is C10H13F3N2. The van der Waals surface area contributed by atoms with E-state index in [1.807, 2.05) is 13.8 Å². The number of halogens is 3. The summed E-state index contributed by atoms with van der Waals surface area (Å²) in [5.41, 5.74) is -0.104. The lowest BCUT2D eigenvalue weighted by molar-refractivity contribution is -0.141. The van der Waals surface area contributed by atoms with Gasteiger partial charge in [0.25, 0.3) is 0 Å². The van der Waals surface area contributed by atoms with Crippen LogP contribution in [-0.2, 0) is 12.7 Å². The number of alkyl halides is 3. The van der Waals surface area contributed by atoms with E-state index in [1.165, 1.54) is 12.3 Å². The van der Waals surface area contributed by atoms with Gasteiger partial charge in [0.15, 0.2) is 0 Å². The summed E-state index contributed by atoms with van der Waals surface area (Å²) in [4.78, 5) is 3.36. The second kappa shape index (κ2) is 4.61. The zero-order valence-electron chi connectivity index (χ0n) is 8.60. The van der Waals surface area contributed by atoms with Crippen LogP contribution in [0.15, 0.2) is 18.3 Å². The molecule has 0 saturated carbocycles. The first kappa shape index (κ1) is 12.0. The largest absolute Gasteiger partial charge is 0.433 e. The lowest BCUT2D eigenvalue weighted by Gasteiger charge is -2.09. The second-order valence-electron chi connectivity index (χ2n) is 3.59. The van der Waals surface area contributed by atoms with Gasteiger partial charge in [-0.3, -0.25) is 4.98 Å². The molecule has 5 heteroatoms. The number of hydrogen-bond donors (Lipinski definition) is 1. The molecule has 1 heterocycles. The van der Waals surface area contributed by atoms with Gasteiger partial charge in [0, 0.05) is 18.8 Å². The molecule has 0 saturated heterocycles. The van der Waals surface area contributed by atoms with Gasteiger partial charge < -0.3 is 5.32 Å². The van der Waals surface area contributed by atoms with Crippen LogP contribution in [0.5, 0.6) is 0 Å². The van der Waals surface area contributed by atoms with Gasteiger partial charge in [0.1, 0.15) is 5.69 Å². The van der Waals surface area contributed by atoms with E-state index in [-0.39, 0.29) is 0 Å². The van der Waals surface area contributed by atoms with Gasteiger partial charge in [0.05, 0.1) is 0 Å². The maximum Gasteiger partial charge on any atom is 0.433 e. The number of nitrogens with zero attached hydrogens (tertiary/aromatic N) is 1. The molecule has 0 spiro atoms. The quantitative estimate of drug-likeness (QED) is 0.843. The molecule has 0 aliphatic rings. The van der Waals surface area contributed by atoms with E-state index in [4.69, 9.17) is 0 Å². The van der Waals surface area contributed by atoms with E-state index in [0.29, 0.717) is 12.6 Å². The van der Waals surface area contributed by atoms with E-state index >= 15 is 0 Å². The number of nitrogens with one attached hydrogen (secondary N) is 1. The number of hydrogen-bond acceptors (Lipinski definition) is 2. The van der Waals surface area contributed by atoms with Crippen LogP contribution in [0.1, 0.15) is 25.1 Å². The van der Waals surface area contributed by atoms with Crippen LogP contribution in [0.25, 0.3) is 0 Å². The predicted molar refractivity (Wildman–Crippen MR) is 51.2 cm³/mol. The van der Waals surface area contributed by atoms with Gasteiger partial charge in [-0.05, 0) is 11.6 Å². The Morgan fingerprint density at radius 1 is 1.33 bits per heavy atom. The molecule has 84 valence electrons. The Labute approximate surface area is 86.5 Å². The fraction of sp³-hybridized carbons (Fsp3) is 0.500. The summed E-state index contributed by atoms with van der Waals surface area (Å²) in [6.07, 6.45) is -3.11. The lowest BCUT2D eigenvalue weighted by atomic mass is 10.2. The molecular weight excluding hydrogens is 205 g/mol. The summed E-state index contributed by atoms with van der Waals surface area (Å²) in [6.45, 7) is 4.47. The molecule has 15 heavy (non-hydrogen) atoms. The Hall–Kier alpha value is -1.10. The molecule has 0 fully saturated rings. The Morgan fingerprint density at radius 2 is 2.00 bits per heavy atom. The van der Waals surface area contributed by atoms with Crippen molar-refractivity contribution < 1.29 is 13.2 Å². The molecule has 0 unspecified atom stereocenters. The molecule has 0 aromatic carbocycles. The third kappa shape index (κ3) is 3.87. The van der Waals surface area contributed by atoms with E-state index < -0.39 is 11.9 Å². The first-order valence-electron chi connectivity index (χ1n) is 4.65. The average molecular weight is 218 g/mol. The zero-order valence-corrected chi connectivity index (χ0v) is 8.60. The minimum atomic E-state index is -4.36. The molecule has 1 N–H and O–H groups in total. The molecule has 0 aliphatic heterocycles. The number of pyridine rings is 1. The van der Waals surface area contributed by atoms with Crippen molar-refractivity contribution in [2.45, 2.75) is 32.6 Å². The van der Waals surface area contributed by atoms with Gasteiger partial charge in [-0.15, -0.1) is 0 Å². The average Bonchev–Trinajstić information content (AvgIpc) is 2.14. The summed E-state index contributed by atoms with van der Waals surface area (Å²) in [7, 11) is 0. The zero-order chi connectivity index (χ0) is 11.5. The van der Waals surface area contributed by atoms with Crippen molar-refractivity contribution in [3.05, 3.63) is 29.6 Å².